The zero-order valence-corrected chi connectivity index (χ0v) is 10.6. The van der Waals surface area contributed by atoms with Gasteiger partial charge in [0.2, 0.25) is 10.0 Å². The van der Waals surface area contributed by atoms with Gasteiger partial charge in [0.25, 0.3) is 0 Å². The molecule has 0 aliphatic carbocycles. The summed E-state index contributed by atoms with van der Waals surface area (Å²) in [7, 11) is -3.23. The van der Waals surface area contributed by atoms with Gasteiger partial charge in [-0.05, 0) is 23.3 Å². The van der Waals surface area contributed by atoms with Gasteiger partial charge in [0, 0.05) is 13.1 Å². The van der Waals surface area contributed by atoms with Gasteiger partial charge in [-0.15, -0.1) is 0 Å². The molecule has 0 spiro atoms. The average Bonchev–Trinajstić information content (AvgIpc) is 3.25. The molecule has 0 N–H and O–H groups in total. The van der Waals surface area contributed by atoms with Crippen LogP contribution in [0.4, 0.5) is 0 Å². The SMILES string of the molecule is O=S(=O)(c1ccc(-c2ccccc2)cc1)N1CC1. The van der Waals surface area contributed by atoms with Gasteiger partial charge in [0.1, 0.15) is 0 Å². The highest BCUT2D eigenvalue weighted by molar-refractivity contribution is 7.89. The van der Waals surface area contributed by atoms with E-state index >= 15 is 0 Å². The molecule has 4 heteroatoms. The van der Waals surface area contributed by atoms with Crippen LogP contribution in [0.25, 0.3) is 11.1 Å². The van der Waals surface area contributed by atoms with Crippen molar-refractivity contribution in [3.05, 3.63) is 54.6 Å². The first-order valence-corrected chi connectivity index (χ1v) is 7.27. The van der Waals surface area contributed by atoms with Crippen LogP contribution in [0.3, 0.4) is 0 Å². The van der Waals surface area contributed by atoms with E-state index in [0.29, 0.717) is 18.0 Å². The zero-order valence-electron chi connectivity index (χ0n) is 9.78. The van der Waals surface area contributed by atoms with E-state index in [0.717, 1.165) is 11.1 Å². The van der Waals surface area contributed by atoms with Crippen molar-refractivity contribution in [2.75, 3.05) is 13.1 Å². The second-order valence-electron chi connectivity index (χ2n) is 4.29. The van der Waals surface area contributed by atoms with E-state index < -0.39 is 10.0 Å². The van der Waals surface area contributed by atoms with Gasteiger partial charge in [0.15, 0.2) is 0 Å². The van der Waals surface area contributed by atoms with Gasteiger partial charge in [-0.2, -0.15) is 4.31 Å². The van der Waals surface area contributed by atoms with Crippen LogP contribution in [-0.4, -0.2) is 25.8 Å². The van der Waals surface area contributed by atoms with Crippen LogP contribution in [0.5, 0.6) is 0 Å². The minimum absolute atomic E-state index is 0.375. The first kappa shape index (κ1) is 11.4. The fourth-order valence-electron chi connectivity index (χ4n) is 1.88. The Labute approximate surface area is 107 Å². The van der Waals surface area contributed by atoms with E-state index in [4.69, 9.17) is 0 Å². The van der Waals surface area contributed by atoms with Crippen LogP contribution in [0, 0.1) is 0 Å². The molecule has 1 heterocycles. The molecule has 18 heavy (non-hydrogen) atoms. The average molecular weight is 259 g/mol. The molecular weight excluding hydrogens is 246 g/mol. The second kappa shape index (κ2) is 4.23. The third kappa shape index (κ3) is 2.05. The Balaban J connectivity index is 1.95. The lowest BCUT2D eigenvalue weighted by atomic mass is 10.1. The van der Waals surface area contributed by atoms with Crippen molar-refractivity contribution in [2.24, 2.45) is 0 Å². The van der Waals surface area contributed by atoms with Gasteiger partial charge in [-0.25, -0.2) is 8.42 Å². The van der Waals surface area contributed by atoms with Crippen molar-refractivity contribution < 1.29 is 8.42 Å². The Bertz CT molecular complexity index is 644. The minimum Gasteiger partial charge on any atom is -0.207 e. The second-order valence-corrected chi connectivity index (χ2v) is 6.23. The van der Waals surface area contributed by atoms with Gasteiger partial charge in [0.05, 0.1) is 4.90 Å². The molecule has 0 aromatic heterocycles. The molecule has 3 rings (SSSR count). The lowest BCUT2D eigenvalue weighted by Gasteiger charge is -2.06. The molecule has 0 amide bonds. The maximum absolute atomic E-state index is 12.0. The van der Waals surface area contributed by atoms with Gasteiger partial charge in [-0.3, -0.25) is 0 Å². The predicted octanol–water partition coefficient (Wildman–Crippen LogP) is 2.36. The van der Waals surface area contributed by atoms with Crippen molar-refractivity contribution in [3.63, 3.8) is 0 Å². The van der Waals surface area contributed by atoms with E-state index in [1.165, 1.54) is 4.31 Å². The summed E-state index contributed by atoms with van der Waals surface area (Å²) in [4.78, 5) is 0.375. The van der Waals surface area contributed by atoms with Crippen molar-refractivity contribution >= 4 is 10.0 Å². The highest BCUT2D eigenvalue weighted by atomic mass is 32.2. The van der Waals surface area contributed by atoms with Crippen LogP contribution in [0.2, 0.25) is 0 Å². The lowest BCUT2D eigenvalue weighted by Crippen LogP contribution is -2.11. The topological polar surface area (TPSA) is 37.1 Å². The van der Waals surface area contributed by atoms with E-state index in [9.17, 15) is 8.42 Å². The fourth-order valence-corrected chi connectivity index (χ4v) is 3.22. The maximum atomic E-state index is 12.0. The summed E-state index contributed by atoms with van der Waals surface area (Å²) in [6.07, 6.45) is 0. The summed E-state index contributed by atoms with van der Waals surface area (Å²) < 4.78 is 25.4. The first-order valence-electron chi connectivity index (χ1n) is 5.83. The van der Waals surface area contributed by atoms with Gasteiger partial charge < -0.3 is 0 Å². The molecule has 2 aromatic carbocycles. The quantitative estimate of drug-likeness (QED) is 0.793. The highest BCUT2D eigenvalue weighted by Gasteiger charge is 2.32. The van der Waals surface area contributed by atoms with Crippen LogP contribution in [0.1, 0.15) is 0 Å². The predicted molar refractivity (Wildman–Crippen MR) is 70.6 cm³/mol. The monoisotopic (exact) mass is 259 g/mol. The molecule has 1 aliphatic heterocycles. The number of sulfonamides is 1. The largest absolute Gasteiger partial charge is 0.243 e. The Morgan fingerprint density at radius 1 is 0.778 bits per heavy atom. The Morgan fingerprint density at radius 3 is 1.89 bits per heavy atom. The third-order valence-electron chi connectivity index (χ3n) is 3.01. The van der Waals surface area contributed by atoms with Crippen molar-refractivity contribution in [3.8, 4) is 11.1 Å². The maximum Gasteiger partial charge on any atom is 0.243 e. The van der Waals surface area contributed by atoms with E-state index in [1.54, 1.807) is 12.1 Å². The molecule has 2 aromatic rings. The number of hydrogen-bond donors (Lipinski definition) is 0. The molecule has 1 saturated heterocycles. The van der Waals surface area contributed by atoms with Crippen molar-refractivity contribution in [1.82, 2.24) is 4.31 Å². The normalized spacial score (nSPS) is 15.6. The van der Waals surface area contributed by atoms with Crippen molar-refractivity contribution in [2.45, 2.75) is 4.90 Å². The third-order valence-corrected chi connectivity index (χ3v) is 4.92. The number of nitrogens with zero attached hydrogens (tertiary/aromatic N) is 1. The summed E-state index contributed by atoms with van der Waals surface area (Å²) >= 11 is 0. The van der Waals surface area contributed by atoms with E-state index in [1.807, 2.05) is 42.5 Å². The fraction of sp³-hybridized carbons (Fsp3) is 0.143. The first-order chi connectivity index (χ1) is 8.68. The van der Waals surface area contributed by atoms with E-state index in [-0.39, 0.29) is 0 Å². The van der Waals surface area contributed by atoms with Crippen LogP contribution >= 0.6 is 0 Å². The number of benzene rings is 2. The standard InChI is InChI=1S/C14H13NO2S/c16-18(17,15-10-11-15)14-8-6-13(7-9-14)12-4-2-1-3-5-12/h1-9H,10-11H2. The van der Waals surface area contributed by atoms with Gasteiger partial charge >= 0.3 is 0 Å². The molecule has 0 unspecified atom stereocenters. The number of hydrogen-bond acceptors (Lipinski definition) is 2. The van der Waals surface area contributed by atoms with Gasteiger partial charge in [-0.1, -0.05) is 42.5 Å². The molecular formula is C14H13NO2S. The molecule has 92 valence electrons. The summed E-state index contributed by atoms with van der Waals surface area (Å²) in [5.41, 5.74) is 2.12. The Hall–Kier alpha value is -1.65. The smallest absolute Gasteiger partial charge is 0.207 e. The minimum atomic E-state index is -3.23. The molecule has 1 fully saturated rings. The van der Waals surface area contributed by atoms with Crippen LogP contribution in [-0.2, 0) is 10.0 Å². The zero-order chi connectivity index (χ0) is 12.6. The van der Waals surface area contributed by atoms with Crippen molar-refractivity contribution in [1.29, 1.82) is 0 Å². The molecule has 0 bridgehead atoms. The number of rotatable bonds is 3. The Morgan fingerprint density at radius 2 is 1.33 bits per heavy atom. The summed E-state index contributed by atoms with van der Waals surface area (Å²) in [5, 5.41) is 0. The highest BCUT2D eigenvalue weighted by Crippen LogP contribution is 2.25. The summed E-state index contributed by atoms with van der Waals surface area (Å²) in [6, 6.07) is 17.0. The lowest BCUT2D eigenvalue weighted by molar-refractivity contribution is 0.563. The Kier molecular flexibility index (Phi) is 2.69. The summed E-state index contributed by atoms with van der Waals surface area (Å²) in [6.45, 7) is 1.28. The molecule has 0 atom stereocenters. The summed E-state index contributed by atoms with van der Waals surface area (Å²) in [5.74, 6) is 0. The van der Waals surface area contributed by atoms with Crippen LogP contribution in [0.15, 0.2) is 59.5 Å². The molecule has 0 saturated carbocycles. The molecule has 0 radical (unpaired) electrons. The van der Waals surface area contributed by atoms with E-state index in [2.05, 4.69) is 0 Å². The molecule has 3 nitrogen and oxygen atoms in total. The van der Waals surface area contributed by atoms with Crippen LogP contribution < -0.4 is 0 Å². The molecule has 1 aliphatic rings.